The van der Waals surface area contributed by atoms with E-state index < -0.39 is 5.54 Å². The Bertz CT molecular complexity index is 620. The molecule has 3 nitrogen and oxygen atoms in total. The summed E-state index contributed by atoms with van der Waals surface area (Å²) in [6, 6.07) is 7.73. The summed E-state index contributed by atoms with van der Waals surface area (Å²) in [5.74, 6) is 0. The van der Waals surface area contributed by atoms with E-state index in [1.807, 2.05) is 42.9 Å². The normalized spacial score (nSPS) is 14.3. The molecule has 1 atom stereocenters. The van der Waals surface area contributed by atoms with Gasteiger partial charge in [0.1, 0.15) is 0 Å². The van der Waals surface area contributed by atoms with Gasteiger partial charge in [-0.05, 0) is 40.9 Å². The number of halogens is 2. The number of benzene rings is 1. The minimum atomic E-state index is -0.542. The van der Waals surface area contributed by atoms with Crippen molar-refractivity contribution in [3.05, 3.63) is 50.7 Å². The van der Waals surface area contributed by atoms with E-state index in [4.69, 9.17) is 17.3 Å². The lowest BCUT2D eigenvalue weighted by molar-refractivity contribution is 0.471. The minimum Gasteiger partial charge on any atom is -0.321 e. The standard InChI is InChI=1S/C15H19BrClN3/c1-4-12-14(16)13(20(3)19-12)9-15(2,18)10-7-5-6-8-11(10)17/h5-8H,4,9,18H2,1-3H3. The van der Waals surface area contributed by atoms with Crippen molar-refractivity contribution in [2.45, 2.75) is 32.2 Å². The fraction of sp³-hybridized carbons (Fsp3) is 0.400. The van der Waals surface area contributed by atoms with E-state index in [1.54, 1.807) is 0 Å². The van der Waals surface area contributed by atoms with E-state index in [-0.39, 0.29) is 0 Å². The van der Waals surface area contributed by atoms with Gasteiger partial charge >= 0.3 is 0 Å². The van der Waals surface area contributed by atoms with Crippen LogP contribution in [0.3, 0.4) is 0 Å². The van der Waals surface area contributed by atoms with Gasteiger partial charge in [-0.25, -0.2) is 0 Å². The van der Waals surface area contributed by atoms with E-state index in [9.17, 15) is 0 Å². The van der Waals surface area contributed by atoms with Crippen molar-refractivity contribution in [2.24, 2.45) is 12.8 Å². The number of hydrogen-bond acceptors (Lipinski definition) is 2. The third-order valence-electron chi connectivity index (χ3n) is 3.53. The zero-order valence-corrected chi connectivity index (χ0v) is 14.3. The van der Waals surface area contributed by atoms with Crippen molar-refractivity contribution < 1.29 is 0 Å². The van der Waals surface area contributed by atoms with Crippen LogP contribution in [0, 0.1) is 0 Å². The average molecular weight is 357 g/mol. The van der Waals surface area contributed by atoms with Crippen LogP contribution in [0.2, 0.25) is 5.02 Å². The molecule has 0 bridgehead atoms. The van der Waals surface area contributed by atoms with Crippen LogP contribution in [-0.4, -0.2) is 9.78 Å². The van der Waals surface area contributed by atoms with Gasteiger partial charge in [0.05, 0.1) is 15.9 Å². The van der Waals surface area contributed by atoms with Crippen molar-refractivity contribution in [3.63, 3.8) is 0 Å². The van der Waals surface area contributed by atoms with Gasteiger partial charge in [-0.1, -0.05) is 36.7 Å². The van der Waals surface area contributed by atoms with Crippen LogP contribution in [0.15, 0.2) is 28.7 Å². The first-order chi connectivity index (χ1) is 9.36. The van der Waals surface area contributed by atoms with E-state index in [2.05, 4.69) is 28.0 Å². The number of aryl methyl sites for hydroxylation is 2. The molecule has 1 aromatic heterocycles. The van der Waals surface area contributed by atoms with E-state index >= 15 is 0 Å². The first kappa shape index (κ1) is 15.5. The van der Waals surface area contributed by atoms with Crippen molar-refractivity contribution >= 4 is 27.5 Å². The molecule has 0 aliphatic rings. The number of hydrogen-bond donors (Lipinski definition) is 1. The third kappa shape index (κ3) is 2.92. The molecule has 0 radical (unpaired) electrons. The highest BCUT2D eigenvalue weighted by atomic mass is 79.9. The summed E-state index contributed by atoms with van der Waals surface area (Å²) in [5, 5.41) is 5.21. The van der Waals surface area contributed by atoms with Gasteiger partial charge in [-0.2, -0.15) is 5.10 Å². The van der Waals surface area contributed by atoms with Crippen LogP contribution in [0.5, 0.6) is 0 Å². The molecular formula is C15H19BrClN3. The Balaban J connectivity index is 2.38. The van der Waals surface area contributed by atoms with E-state index in [1.165, 1.54) is 0 Å². The molecule has 0 aliphatic heterocycles. The molecule has 0 fully saturated rings. The summed E-state index contributed by atoms with van der Waals surface area (Å²) in [7, 11) is 1.95. The first-order valence-electron chi connectivity index (χ1n) is 6.61. The lowest BCUT2D eigenvalue weighted by Gasteiger charge is -2.26. The summed E-state index contributed by atoms with van der Waals surface area (Å²) in [4.78, 5) is 0. The fourth-order valence-corrected chi connectivity index (χ4v) is 3.49. The van der Waals surface area contributed by atoms with Crippen LogP contribution in [-0.2, 0) is 25.4 Å². The Labute approximate surface area is 133 Å². The molecule has 2 rings (SSSR count). The molecule has 108 valence electrons. The molecule has 5 heteroatoms. The molecule has 0 amide bonds. The second kappa shape index (κ2) is 5.88. The molecular weight excluding hydrogens is 338 g/mol. The van der Waals surface area contributed by atoms with Crippen LogP contribution in [0.4, 0.5) is 0 Å². The summed E-state index contributed by atoms with van der Waals surface area (Å²) in [6.45, 7) is 4.09. The highest BCUT2D eigenvalue weighted by Gasteiger charge is 2.27. The predicted molar refractivity (Wildman–Crippen MR) is 87.0 cm³/mol. The molecule has 2 aromatic rings. The number of rotatable bonds is 4. The molecule has 0 spiro atoms. The second-order valence-electron chi connectivity index (χ2n) is 5.26. The quantitative estimate of drug-likeness (QED) is 0.905. The maximum Gasteiger partial charge on any atom is 0.0766 e. The van der Waals surface area contributed by atoms with Crippen molar-refractivity contribution in [2.75, 3.05) is 0 Å². The molecule has 1 aromatic carbocycles. The summed E-state index contributed by atoms with van der Waals surface area (Å²) < 4.78 is 2.94. The van der Waals surface area contributed by atoms with Crippen LogP contribution in [0.1, 0.15) is 30.8 Å². The van der Waals surface area contributed by atoms with Gasteiger partial charge in [0.25, 0.3) is 0 Å². The van der Waals surface area contributed by atoms with Crippen molar-refractivity contribution in [3.8, 4) is 0 Å². The summed E-state index contributed by atoms with van der Waals surface area (Å²) >= 11 is 9.91. The lowest BCUT2D eigenvalue weighted by atomic mass is 9.88. The number of nitrogens with zero attached hydrogens (tertiary/aromatic N) is 2. The highest BCUT2D eigenvalue weighted by Crippen LogP contribution is 2.32. The smallest absolute Gasteiger partial charge is 0.0766 e. The third-order valence-corrected chi connectivity index (χ3v) is 4.77. The monoisotopic (exact) mass is 355 g/mol. The van der Waals surface area contributed by atoms with Crippen LogP contribution >= 0.6 is 27.5 Å². The van der Waals surface area contributed by atoms with Gasteiger partial charge in [0.15, 0.2) is 0 Å². The van der Waals surface area contributed by atoms with Crippen molar-refractivity contribution in [1.82, 2.24) is 9.78 Å². The number of aromatic nitrogens is 2. The predicted octanol–water partition coefficient (Wildman–Crippen LogP) is 3.82. The minimum absolute atomic E-state index is 0.542. The Morgan fingerprint density at radius 2 is 2.05 bits per heavy atom. The molecule has 2 N–H and O–H groups in total. The highest BCUT2D eigenvalue weighted by molar-refractivity contribution is 9.10. The largest absolute Gasteiger partial charge is 0.321 e. The van der Waals surface area contributed by atoms with Crippen LogP contribution < -0.4 is 5.73 Å². The van der Waals surface area contributed by atoms with E-state index in [0.717, 1.165) is 27.8 Å². The fourth-order valence-electron chi connectivity index (χ4n) is 2.38. The molecule has 0 aliphatic carbocycles. The van der Waals surface area contributed by atoms with Gasteiger partial charge in [-0.15, -0.1) is 0 Å². The van der Waals surface area contributed by atoms with Gasteiger partial charge in [0.2, 0.25) is 0 Å². The Hall–Kier alpha value is -0.840. The molecule has 20 heavy (non-hydrogen) atoms. The Morgan fingerprint density at radius 1 is 1.40 bits per heavy atom. The lowest BCUT2D eigenvalue weighted by Crippen LogP contribution is -2.36. The zero-order valence-electron chi connectivity index (χ0n) is 12.0. The average Bonchev–Trinajstić information content (AvgIpc) is 2.66. The Morgan fingerprint density at radius 3 is 2.60 bits per heavy atom. The molecule has 0 saturated heterocycles. The maximum absolute atomic E-state index is 6.51. The second-order valence-corrected chi connectivity index (χ2v) is 6.46. The zero-order chi connectivity index (χ0) is 14.9. The Kier molecular flexibility index (Phi) is 4.57. The van der Waals surface area contributed by atoms with Crippen LogP contribution in [0.25, 0.3) is 0 Å². The SMILES string of the molecule is CCc1nn(C)c(CC(C)(N)c2ccccc2Cl)c1Br. The molecule has 1 heterocycles. The maximum atomic E-state index is 6.51. The topological polar surface area (TPSA) is 43.8 Å². The number of nitrogens with two attached hydrogens (primary N) is 1. The van der Waals surface area contributed by atoms with Gasteiger partial charge in [0, 0.05) is 24.0 Å². The first-order valence-corrected chi connectivity index (χ1v) is 7.78. The van der Waals surface area contributed by atoms with Gasteiger partial charge in [-0.3, -0.25) is 4.68 Å². The van der Waals surface area contributed by atoms with Gasteiger partial charge < -0.3 is 5.73 Å². The molecule has 0 saturated carbocycles. The summed E-state index contributed by atoms with van der Waals surface area (Å²) in [5.41, 5.74) is 9.07. The summed E-state index contributed by atoms with van der Waals surface area (Å²) in [6.07, 6.45) is 1.56. The van der Waals surface area contributed by atoms with E-state index in [0.29, 0.717) is 11.4 Å². The molecule has 1 unspecified atom stereocenters. The van der Waals surface area contributed by atoms with Crippen molar-refractivity contribution in [1.29, 1.82) is 0 Å².